The molecule has 0 aromatic rings. The van der Waals surface area contributed by atoms with Gasteiger partial charge in [-0.25, -0.2) is 4.79 Å². The average Bonchev–Trinajstić information content (AvgIpc) is 2.87. The summed E-state index contributed by atoms with van der Waals surface area (Å²) in [6.07, 6.45) is 3.31. The molecule has 1 fully saturated rings. The molecule has 1 saturated carbocycles. The summed E-state index contributed by atoms with van der Waals surface area (Å²) in [7, 11) is 0. The second-order valence-electron chi connectivity index (χ2n) is 4.94. The van der Waals surface area contributed by atoms with Gasteiger partial charge in [-0.05, 0) is 19.8 Å². The van der Waals surface area contributed by atoms with Crippen molar-refractivity contribution in [3.8, 4) is 6.07 Å². The van der Waals surface area contributed by atoms with Crippen molar-refractivity contribution in [2.24, 2.45) is 5.41 Å². The summed E-state index contributed by atoms with van der Waals surface area (Å²) in [6.45, 7) is 2.89. The maximum absolute atomic E-state index is 11.9. The van der Waals surface area contributed by atoms with Crippen LogP contribution in [0.3, 0.4) is 0 Å². The SMILES string of the molecule is CCN(CCC#N)C(=O)NCC1(C(=O)O)CCCC1. The minimum absolute atomic E-state index is 0.171. The molecule has 0 atom stereocenters. The molecular formula is C13H21N3O3. The van der Waals surface area contributed by atoms with Gasteiger partial charge in [0.15, 0.2) is 0 Å². The van der Waals surface area contributed by atoms with Crippen molar-refractivity contribution in [1.29, 1.82) is 5.26 Å². The Balaban J connectivity index is 2.52. The molecule has 6 heteroatoms. The van der Waals surface area contributed by atoms with Crippen LogP contribution in [0.4, 0.5) is 4.79 Å². The highest BCUT2D eigenvalue weighted by Crippen LogP contribution is 2.37. The largest absolute Gasteiger partial charge is 0.481 e. The minimum atomic E-state index is -0.828. The minimum Gasteiger partial charge on any atom is -0.481 e. The van der Waals surface area contributed by atoms with Crippen molar-refractivity contribution in [1.82, 2.24) is 10.2 Å². The van der Waals surface area contributed by atoms with E-state index in [4.69, 9.17) is 5.26 Å². The van der Waals surface area contributed by atoms with Gasteiger partial charge in [0.05, 0.1) is 17.9 Å². The predicted molar refractivity (Wildman–Crippen MR) is 69.4 cm³/mol. The van der Waals surface area contributed by atoms with Gasteiger partial charge < -0.3 is 15.3 Å². The lowest BCUT2D eigenvalue weighted by Gasteiger charge is -2.26. The highest BCUT2D eigenvalue weighted by molar-refractivity contribution is 5.78. The number of amides is 2. The van der Waals surface area contributed by atoms with Gasteiger partial charge >= 0.3 is 12.0 Å². The molecule has 0 aromatic heterocycles. The highest BCUT2D eigenvalue weighted by Gasteiger charge is 2.41. The lowest BCUT2D eigenvalue weighted by Crippen LogP contribution is -2.47. The van der Waals surface area contributed by atoms with E-state index in [0.29, 0.717) is 25.9 Å². The molecule has 19 heavy (non-hydrogen) atoms. The van der Waals surface area contributed by atoms with E-state index in [-0.39, 0.29) is 19.0 Å². The number of hydrogen-bond acceptors (Lipinski definition) is 3. The summed E-state index contributed by atoms with van der Waals surface area (Å²) >= 11 is 0. The molecule has 2 amide bonds. The van der Waals surface area contributed by atoms with Gasteiger partial charge in [0, 0.05) is 19.6 Å². The van der Waals surface area contributed by atoms with E-state index in [9.17, 15) is 14.7 Å². The molecule has 1 aliphatic carbocycles. The van der Waals surface area contributed by atoms with Crippen LogP contribution in [-0.4, -0.2) is 41.6 Å². The van der Waals surface area contributed by atoms with Gasteiger partial charge in [0.2, 0.25) is 0 Å². The van der Waals surface area contributed by atoms with Gasteiger partial charge in [0.25, 0.3) is 0 Å². The number of nitriles is 1. The maximum atomic E-state index is 11.9. The number of nitrogens with zero attached hydrogens (tertiary/aromatic N) is 2. The second kappa shape index (κ2) is 6.98. The Hall–Kier alpha value is -1.77. The van der Waals surface area contributed by atoms with Gasteiger partial charge in [-0.1, -0.05) is 12.8 Å². The molecule has 0 heterocycles. The van der Waals surface area contributed by atoms with E-state index < -0.39 is 11.4 Å². The highest BCUT2D eigenvalue weighted by atomic mass is 16.4. The van der Waals surface area contributed by atoms with Crippen LogP contribution >= 0.6 is 0 Å². The summed E-state index contributed by atoms with van der Waals surface area (Å²) < 4.78 is 0. The fourth-order valence-corrected chi connectivity index (χ4v) is 2.46. The second-order valence-corrected chi connectivity index (χ2v) is 4.94. The van der Waals surface area contributed by atoms with Crippen LogP contribution in [0, 0.1) is 16.7 Å². The number of nitrogens with one attached hydrogen (secondary N) is 1. The Labute approximate surface area is 113 Å². The monoisotopic (exact) mass is 267 g/mol. The van der Waals surface area contributed by atoms with E-state index >= 15 is 0 Å². The molecule has 0 bridgehead atoms. The average molecular weight is 267 g/mol. The molecule has 0 aliphatic heterocycles. The van der Waals surface area contributed by atoms with Crippen molar-refractivity contribution < 1.29 is 14.7 Å². The zero-order chi connectivity index (χ0) is 14.3. The number of urea groups is 1. The first-order valence-electron chi connectivity index (χ1n) is 6.69. The molecule has 0 aromatic carbocycles. The Morgan fingerprint density at radius 2 is 2.05 bits per heavy atom. The molecule has 1 rings (SSSR count). The Bertz CT molecular complexity index is 370. The number of carboxylic acids is 1. The zero-order valence-electron chi connectivity index (χ0n) is 11.3. The summed E-state index contributed by atoms with van der Waals surface area (Å²) in [4.78, 5) is 24.8. The van der Waals surface area contributed by atoms with Crippen LogP contribution in [-0.2, 0) is 4.79 Å². The number of hydrogen-bond donors (Lipinski definition) is 2. The first kappa shape index (κ1) is 15.3. The Kier molecular flexibility index (Phi) is 5.61. The van der Waals surface area contributed by atoms with E-state index in [1.54, 1.807) is 0 Å². The van der Waals surface area contributed by atoms with E-state index in [0.717, 1.165) is 12.8 Å². The van der Waals surface area contributed by atoms with Gasteiger partial charge in [0.1, 0.15) is 0 Å². The Morgan fingerprint density at radius 1 is 1.42 bits per heavy atom. The molecule has 0 radical (unpaired) electrons. The number of aliphatic carboxylic acids is 1. The fourth-order valence-electron chi connectivity index (χ4n) is 2.46. The quantitative estimate of drug-likeness (QED) is 0.764. The van der Waals surface area contributed by atoms with Crippen molar-refractivity contribution in [2.75, 3.05) is 19.6 Å². The van der Waals surface area contributed by atoms with Crippen LogP contribution in [0.25, 0.3) is 0 Å². The molecule has 0 saturated heterocycles. The third kappa shape index (κ3) is 3.85. The van der Waals surface area contributed by atoms with Gasteiger partial charge in [-0.2, -0.15) is 5.26 Å². The van der Waals surface area contributed by atoms with Crippen LogP contribution in [0.1, 0.15) is 39.0 Å². The summed E-state index contributed by atoms with van der Waals surface area (Å²) in [5.74, 6) is -0.828. The van der Waals surface area contributed by atoms with Crippen LogP contribution < -0.4 is 5.32 Å². The third-order valence-electron chi connectivity index (χ3n) is 3.75. The number of carbonyl (C=O) groups excluding carboxylic acids is 1. The Morgan fingerprint density at radius 3 is 2.53 bits per heavy atom. The maximum Gasteiger partial charge on any atom is 0.317 e. The van der Waals surface area contributed by atoms with Crippen molar-refractivity contribution in [2.45, 2.75) is 39.0 Å². The first-order valence-corrected chi connectivity index (χ1v) is 6.69. The lowest BCUT2D eigenvalue weighted by atomic mass is 9.86. The van der Waals surface area contributed by atoms with Crippen molar-refractivity contribution in [3.63, 3.8) is 0 Å². The molecule has 1 aliphatic rings. The zero-order valence-corrected chi connectivity index (χ0v) is 11.3. The molecule has 0 spiro atoms. The van der Waals surface area contributed by atoms with Gasteiger partial charge in [-0.3, -0.25) is 4.79 Å². The normalized spacial score (nSPS) is 16.6. The topological polar surface area (TPSA) is 93.4 Å². The van der Waals surface area contributed by atoms with Crippen molar-refractivity contribution in [3.05, 3.63) is 0 Å². The van der Waals surface area contributed by atoms with Crippen molar-refractivity contribution >= 4 is 12.0 Å². The standard InChI is InChI=1S/C13H21N3O3/c1-2-16(9-5-8-14)12(19)15-10-13(11(17)18)6-3-4-7-13/h2-7,9-10H2,1H3,(H,15,19)(H,17,18). The summed E-state index contributed by atoms with van der Waals surface area (Å²) in [5.41, 5.74) is -0.801. The van der Waals surface area contributed by atoms with Crippen LogP contribution in [0.2, 0.25) is 0 Å². The summed E-state index contributed by atoms with van der Waals surface area (Å²) in [5, 5.41) is 20.5. The first-order chi connectivity index (χ1) is 9.05. The fraction of sp³-hybridized carbons (Fsp3) is 0.769. The summed E-state index contributed by atoms with van der Waals surface area (Å²) in [6, 6.07) is 1.71. The van der Waals surface area contributed by atoms with Crippen LogP contribution in [0.15, 0.2) is 0 Å². The lowest BCUT2D eigenvalue weighted by molar-refractivity contribution is -0.148. The molecule has 0 unspecified atom stereocenters. The number of carboxylic acid groups (broad SMARTS) is 1. The molecule has 6 nitrogen and oxygen atoms in total. The van der Waals surface area contributed by atoms with E-state index in [1.165, 1.54) is 4.90 Å². The van der Waals surface area contributed by atoms with E-state index in [2.05, 4.69) is 5.32 Å². The predicted octanol–water partition coefficient (Wildman–Crippen LogP) is 1.58. The molecule has 2 N–H and O–H groups in total. The number of carbonyl (C=O) groups is 2. The van der Waals surface area contributed by atoms with Crippen LogP contribution in [0.5, 0.6) is 0 Å². The molecular weight excluding hydrogens is 246 g/mol. The number of rotatable bonds is 6. The van der Waals surface area contributed by atoms with E-state index in [1.807, 2.05) is 13.0 Å². The van der Waals surface area contributed by atoms with Gasteiger partial charge in [-0.15, -0.1) is 0 Å². The smallest absolute Gasteiger partial charge is 0.317 e. The third-order valence-corrected chi connectivity index (χ3v) is 3.75. The molecule has 106 valence electrons.